The summed E-state index contributed by atoms with van der Waals surface area (Å²) in [6.45, 7) is 0.260. The molecule has 0 radical (unpaired) electrons. The van der Waals surface area contributed by atoms with Crippen LogP contribution in [-0.4, -0.2) is 28.8 Å². The summed E-state index contributed by atoms with van der Waals surface area (Å²) in [5, 5.41) is 4.62. The van der Waals surface area contributed by atoms with Gasteiger partial charge in [0.1, 0.15) is 6.04 Å². The monoisotopic (exact) mass is 542 g/mol. The first-order valence-corrected chi connectivity index (χ1v) is 13.3. The van der Waals surface area contributed by atoms with Crippen molar-refractivity contribution in [3.63, 3.8) is 0 Å². The second-order valence-electron chi connectivity index (χ2n) is 9.27. The van der Waals surface area contributed by atoms with Crippen LogP contribution in [0.5, 0.6) is 0 Å². The van der Waals surface area contributed by atoms with Crippen LogP contribution in [-0.2, 0) is 29.0 Å². The first kappa shape index (κ1) is 26.5. The molecule has 0 saturated heterocycles. The molecule has 3 aromatic rings. The second-order valence-corrected chi connectivity index (χ2v) is 10.5. The van der Waals surface area contributed by atoms with Crippen LogP contribution in [0.15, 0.2) is 72.8 Å². The molecule has 0 spiro atoms. The van der Waals surface area contributed by atoms with Crippen LogP contribution in [0.4, 0.5) is 0 Å². The molecule has 0 aromatic heterocycles. The van der Waals surface area contributed by atoms with Crippen LogP contribution in [0.2, 0.25) is 15.1 Å². The minimum atomic E-state index is -0.678. The summed E-state index contributed by atoms with van der Waals surface area (Å²) in [4.78, 5) is 29.2. The molecule has 1 saturated carbocycles. The summed E-state index contributed by atoms with van der Waals surface area (Å²) in [6.07, 6.45) is 4.66. The van der Waals surface area contributed by atoms with E-state index in [1.165, 1.54) is 0 Å². The Kier molecular flexibility index (Phi) is 9.30. The average Bonchev–Trinajstić information content (AvgIpc) is 3.37. The third-order valence-corrected chi connectivity index (χ3v) is 7.53. The van der Waals surface area contributed by atoms with Crippen molar-refractivity contribution in [3.8, 4) is 0 Å². The normalized spacial score (nSPS) is 14.4. The van der Waals surface area contributed by atoms with Gasteiger partial charge in [-0.2, -0.15) is 0 Å². The number of carbonyl (C=O) groups is 2. The summed E-state index contributed by atoms with van der Waals surface area (Å²) >= 11 is 18.5. The third kappa shape index (κ3) is 7.25. The largest absolute Gasteiger partial charge is 0.352 e. The zero-order valence-electron chi connectivity index (χ0n) is 19.9. The number of carbonyl (C=O) groups excluding carboxylic acids is 2. The molecule has 7 heteroatoms. The Morgan fingerprint density at radius 1 is 0.833 bits per heavy atom. The molecule has 0 aliphatic heterocycles. The molecule has 4 rings (SSSR count). The third-order valence-electron chi connectivity index (χ3n) is 6.55. The Morgan fingerprint density at radius 3 is 2.25 bits per heavy atom. The van der Waals surface area contributed by atoms with E-state index < -0.39 is 6.04 Å². The highest BCUT2D eigenvalue weighted by Crippen LogP contribution is 2.25. The highest BCUT2D eigenvalue weighted by atomic mass is 35.5. The van der Waals surface area contributed by atoms with E-state index in [2.05, 4.69) is 5.32 Å². The molecular formula is C29H29Cl3N2O2. The predicted molar refractivity (Wildman–Crippen MR) is 147 cm³/mol. The SMILES string of the molecule is O=C(NC1CCCC1)[C@H](Cc1ccccc1)N(Cc1cccc(Cl)c1)C(=O)Cc1ccc(Cl)c(Cl)c1. The quantitative estimate of drug-likeness (QED) is 0.319. The zero-order chi connectivity index (χ0) is 25.5. The van der Waals surface area contributed by atoms with Crippen molar-refractivity contribution in [1.29, 1.82) is 0 Å². The molecule has 1 N–H and O–H groups in total. The van der Waals surface area contributed by atoms with Gasteiger partial charge < -0.3 is 10.2 Å². The van der Waals surface area contributed by atoms with Gasteiger partial charge in [-0.3, -0.25) is 9.59 Å². The number of amides is 2. The molecule has 1 aliphatic carbocycles. The zero-order valence-corrected chi connectivity index (χ0v) is 22.2. The van der Waals surface area contributed by atoms with Gasteiger partial charge in [-0.25, -0.2) is 0 Å². The van der Waals surface area contributed by atoms with E-state index in [1.54, 1.807) is 29.2 Å². The molecule has 1 aliphatic rings. The topological polar surface area (TPSA) is 49.4 Å². The predicted octanol–water partition coefficient (Wildman–Crippen LogP) is 6.89. The summed E-state index contributed by atoms with van der Waals surface area (Å²) in [7, 11) is 0. The van der Waals surface area contributed by atoms with Crippen molar-refractivity contribution < 1.29 is 9.59 Å². The van der Waals surface area contributed by atoms with Gasteiger partial charge in [-0.05, 0) is 53.8 Å². The Bertz CT molecular complexity index is 1200. The van der Waals surface area contributed by atoms with Crippen molar-refractivity contribution >= 4 is 46.6 Å². The van der Waals surface area contributed by atoms with Crippen molar-refractivity contribution in [2.24, 2.45) is 0 Å². The minimum Gasteiger partial charge on any atom is -0.352 e. The first-order valence-electron chi connectivity index (χ1n) is 12.2. The maximum Gasteiger partial charge on any atom is 0.243 e. The summed E-state index contributed by atoms with van der Waals surface area (Å²) < 4.78 is 0. The number of benzene rings is 3. The maximum absolute atomic E-state index is 13.8. The van der Waals surface area contributed by atoms with Crippen LogP contribution in [0.1, 0.15) is 42.4 Å². The molecule has 0 unspecified atom stereocenters. The lowest BCUT2D eigenvalue weighted by Crippen LogP contribution is -2.52. The van der Waals surface area contributed by atoms with Crippen LogP contribution in [0.25, 0.3) is 0 Å². The molecule has 188 valence electrons. The molecule has 1 atom stereocenters. The van der Waals surface area contributed by atoms with E-state index in [4.69, 9.17) is 34.8 Å². The fourth-order valence-electron chi connectivity index (χ4n) is 4.68. The van der Waals surface area contributed by atoms with Gasteiger partial charge in [0.15, 0.2) is 0 Å². The van der Waals surface area contributed by atoms with Gasteiger partial charge in [-0.1, -0.05) is 96.2 Å². The molecule has 0 bridgehead atoms. The lowest BCUT2D eigenvalue weighted by molar-refractivity contribution is -0.141. The van der Waals surface area contributed by atoms with E-state index in [9.17, 15) is 9.59 Å². The number of nitrogens with one attached hydrogen (secondary N) is 1. The summed E-state index contributed by atoms with van der Waals surface area (Å²) in [5.74, 6) is -0.300. The maximum atomic E-state index is 13.8. The summed E-state index contributed by atoms with van der Waals surface area (Å²) in [6, 6.07) is 21.8. The number of nitrogens with zero attached hydrogens (tertiary/aromatic N) is 1. The molecular weight excluding hydrogens is 515 g/mol. The van der Waals surface area contributed by atoms with Gasteiger partial charge in [0, 0.05) is 24.0 Å². The molecule has 4 nitrogen and oxygen atoms in total. The highest BCUT2D eigenvalue weighted by molar-refractivity contribution is 6.42. The lowest BCUT2D eigenvalue weighted by atomic mass is 10.0. The van der Waals surface area contributed by atoms with Gasteiger partial charge >= 0.3 is 0 Å². The van der Waals surface area contributed by atoms with Gasteiger partial charge in [0.25, 0.3) is 0 Å². The lowest BCUT2D eigenvalue weighted by Gasteiger charge is -2.32. The average molecular weight is 544 g/mol. The van der Waals surface area contributed by atoms with Crippen molar-refractivity contribution in [2.75, 3.05) is 0 Å². The van der Waals surface area contributed by atoms with E-state index in [1.807, 2.05) is 48.5 Å². The Balaban J connectivity index is 1.66. The molecule has 2 amide bonds. The van der Waals surface area contributed by atoms with E-state index in [-0.39, 0.29) is 30.8 Å². The molecule has 0 heterocycles. The molecule has 3 aromatic carbocycles. The fraction of sp³-hybridized carbons (Fsp3) is 0.310. The molecule has 1 fully saturated rings. The van der Waals surface area contributed by atoms with Crippen molar-refractivity contribution in [3.05, 3.63) is 105 Å². The second kappa shape index (κ2) is 12.6. The highest BCUT2D eigenvalue weighted by Gasteiger charge is 2.32. The summed E-state index contributed by atoms with van der Waals surface area (Å²) in [5.41, 5.74) is 2.58. The Hall–Kier alpha value is -2.53. The van der Waals surface area contributed by atoms with Gasteiger partial charge in [0.05, 0.1) is 16.5 Å². The van der Waals surface area contributed by atoms with Crippen molar-refractivity contribution in [2.45, 2.75) is 57.2 Å². The number of hydrogen-bond acceptors (Lipinski definition) is 2. The van der Waals surface area contributed by atoms with Crippen LogP contribution in [0, 0.1) is 0 Å². The van der Waals surface area contributed by atoms with E-state index >= 15 is 0 Å². The Labute approximate surface area is 227 Å². The standard InChI is InChI=1S/C29H29Cl3N2O2/c30-23-10-6-9-22(15-23)19-34(28(35)18-21-13-14-25(31)26(32)16-21)27(17-20-7-2-1-3-8-20)29(36)33-24-11-4-5-12-24/h1-3,6-10,13-16,24,27H,4-5,11-12,17-19H2,(H,33,36)/t27-/m0/s1. The minimum absolute atomic E-state index is 0.0967. The van der Waals surface area contributed by atoms with Crippen LogP contribution < -0.4 is 5.32 Å². The van der Waals surface area contributed by atoms with Crippen LogP contribution in [0.3, 0.4) is 0 Å². The first-order chi connectivity index (χ1) is 17.4. The van der Waals surface area contributed by atoms with Gasteiger partial charge in [-0.15, -0.1) is 0 Å². The van der Waals surface area contributed by atoms with E-state index in [0.29, 0.717) is 21.5 Å². The van der Waals surface area contributed by atoms with Crippen molar-refractivity contribution in [1.82, 2.24) is 10.2 Å². The number of halogens is 3. The van der Waals surface area contributed by atoms with E-state index in [0.717, 1.165) is 42.4 Å². The number of hydrogen-bond donors (Lipinski definition) is 1. The number of rotatable bonds is 9. The fourth-order valence-corrected chi connectivity index (χ4v) is 5.21. The van der Waals surface area contributed by atoms with Crippen LogP contribution >= 0.6 is 34.8 Å². The Morgan fingerprint density at radius 2 is 1.56 bits per heavy atom. The smallest absolute Gasteiger partial charge is 0.243 e. The van der Waals surface area contributed by atoms with Gasteiger partial charge in [0.2, 0.25) is 11.8 Å². The molecule has 36 heavy (non-hydrogen) atoms.